The smallest absolute Gasteiger partial charge is 0.101 e. The Kier molecular flexibility index (Phi) is 7.72. The fraction of sp³-hybridized carbons (Fsp3) is 1.00. The minimum atomic E-state index is -0.564. The number of methoxy groups -OCH3 is 1. The molecule has 1 fully saturated rings. The van der Waals surface area contributed by atoms with Crippen LogP contribution in [0.4, 0.5) is 0 Å². The Morgan fingerprint density at radius 2 is 2.12 bits per heavy atom. The third-order valence-corrected chi connectivity index (χ3v) is 3.14. The number of rotatable bonds is 9. The Labute approximate surface area is 103 Å². The van der Waals surface area contributed by atoms with Crippen molar-refractivity contribution in [1.82, 2.24) is 0 Å². The first-order chi connectivity index (χ1) is 8.27. The van der Waals surface area contributed by atoms with Crippen LogP contribution in [0, 0.1) is 5.92 Å². The number of ether oxygens (including phenoxy) is 3. The average Bonchev–Trinajstić information content (AvgIpc) is 2.79. The van der Waals surface area contributed by atoms with Crippen LogP contribution in [-0.2, 0) is 14.2 Å². The summed E-state index contributed by atoms with van der Waals surface area (Å²) in [6.45, 7) is 2.34. The molecule has 0 aromatic rings. The summed E-state index contributed by atoms with van der Waals surface area (Å²) in [6, 6.07) is 0. The van der Waals surface area contributed by atoms with Crippen molar-refractivity contribution in [1.29, 1.82) is 0 Å². The first-order valence-electron chi connectivity index (χ1n) is 6.34. The molecule has 0 aliphatic heterocycles. The zero-order valence-corrected chi connectivity index (χ0v) is 10.6. The van der Waals surface area contributed by atoms with Crippen LogP contribution in [0.3, 0.4) is 0 Å². The second-order valence-electron chi connectivity index (χ2n) is 4.52. The van der Waals surface area contributed by atoms with Crippen LogP contribution >= 0.6 is 0 Å². The van der Waals surface area contributed by atoms with Crippen LogP contribution in [0.25, 0.3) is 0 Å². The molecule has 1 saturated carbocycles. The van der Waals surface area contributed by atoms with Gasteiger partial charge in [0.1, 0.15) is 6.10 Å². The van der Waals surface area contributed by atoms with E-state index in [1.807, 2.05) is 0 Å². The van der Waals surface area contributed by atoms with Crippen molar-refractivity contribution >= 4 is 0 Å². The standard InChI is InChI=1S/C12H25NO4/c1-15-5-6-16-8-11(14)9-17-12-4-2-3-10(12)7-13/h10-12,14H,2-9,13H2,1H3. The predicted molar refractivity (Wildman–Crippen MR) is 64.8 cm³/mol. The molecular formula is C12H25NO4. The van der Waals surface area contributed by atoms with Gasteiger partial charge in [0, 0.05) is 7.11 Å². The van der Waals surface area contributed by atoms with Crippen LogP contribution < -0.4 is 5.73 Å². The van der Waals surface area contributed by atoms with Gasteiger partial charge in [0.15, 0.2) is 0 Å². The molecule has 3 N–H and O–H groups in total. The van der Waals surface area contributed by atoms with Crippen LogP contribution in [-0.4, -0.2) is 57.4 Å². The van der Waals surface area contributed by atoms with Gasteiger partial charge in [0.25, 0.3) is 0 Å². The first-order valence-corrected chi connectivity index (χ1v) is 6.34. The van der Waals surface area contributed by atoms with Crippen molar-refractivity contribution in [3.05, 3.63) is 0 Å². The van der Waals surface area contributed by atoms with E-state index in [-0.39, 0.29) is 6.10 Å². The van der Waals surface area contributed by atoms with Gasteiger partial charge in [-0.1, -0.05) is 6.42 Å². The lowest BCUT2D eigenvalue weighted by Crippen LogP contribution is -2.30. The minimum Gasteiger partial charge on any atom is -0.388 e. The number of nitrogens with two attached hydrogens (primary N) is 1. The zero-order chi connectivity index (χ0) is 12.5. The lowest BCUT2D eigenvalue weighted by molar-refractivity contribution is -0.0573. The summed E-state index contributed by atoms with van der Waals surface area (Å²) in [5.41, 5.74) is 5.66. The maximum atomic E-state index is 9.65. The molecule has 0 aromatic carbocycles. The van der Waals surface area contributed by atoms with Crippen LogP contribution in [0.2, 0.25) is 0 Å². The van der Waals surface area contributed by atoms with Gasteiger partial charge in [-0.05, 0) is 25.3 Å². The molecule has 0 spiro atoms. The molecule has 0 heterocycles. The van der Waals surface area contributed by atoms with Crippen molar-refractivity contribution in [3.8, 4) is 0 Å². The highest BCUT2D eigenvalue weighted by Crippen LogP contribution is 2.27. The fourth-order valence-electron chi connectivity index (χ4n) is 2.14. The molecular weight excluding hydrogens is 222 g/mol. The molecule has 5 heteroatoms. The van der Waals surface area contributed by atoms with Gasteiger partial charge in [0.05, 0.1) is 32.5 Å². The Morgan fingerprint density at radius 3 is 2.82 bits per heavy atom. The number of aliphatic hydroxyl groups is 1. The number of hydrogen-bond acceptors (Lipinski definition) is 5. The van der Waals surface area contributed by atoms with Gasteiger partial charge in [-0.3, -0.25) is 0 Å². The second kappa shape index (κ2) is 8.83. The molecule has 0 saturated heterocycles. The Balaban J connectivity index is 2.04. The molecule has 3 unspecified atom stereocenters. The molecule has 102 valence electrons. The Hall–Kier alpha value is -0.200. The van der Waals surface area contributed by atoms with Crippen molar-refractivity contribution in [3.63, 3.8) is 0 Å². The summed E-state index contributed by atoms with van der Waals surface area (Å²) >= 11 is 0. The molecule has 17 heavy (non-hydrogen) atoms. The number of aliphatic hydroxyl groups excluding tert-OH is 1. The molecule has 5 nitrogen and oxygen atoms in total. The highest BCUT2D eigenvalue weighted by molar-refractivity contribution is 4.79. The molecule has 0 bridgehead atoms. The maximum Gasteiger partial charge on any atom is 0.101 e. The predicted octanol–water partition coefficient (Wildman–Crippen LogP) is 0.154. The highest BCUT2D eigenvalue weighted by atomic mass is 16.5. The van der Waals surface area contributed by atoms with Crippen LogP contribution in [0.1, 0.15) is 19.3 Å². The molecule has 1 aliphatic carbocycles. The van der Waals surface area contributed by atoms with Crippen LogP contribution in [0.5, 0.6) is 0 Å². The highest BCUT2D eigenvalue weighted by Gasteiger charge is 2.27. The van der Waals surface area contributed by atoms with E-state index in [1.165, 1.54) is 6.42 Å². The molecule has 3 atom stereocenters. The summed E-state index contributed by atoms with van der Waals surface area (Å²) in [5.74, 6) is 0.455. The summed E-state index contributed by atoms with van der Waals surface area (Å²) in [4.78, 5) is 0. The first kappa shape index (κ1) is 14.9. The lowest BCUT2D eigenvalue weighted by atomic mass is 10.1. The van der Waals surface area contributed by atoms with E-state index >= 15 is 0 Å². The van der Waals surface area contributed by atoms with E-state index < -0.39 is 6.10 Å². The summed E-state index contributed by atoms with van der Waals surface area (Å²) < 4.78 is 15.8. The van der Waals surface area contributed by atoms with E-state index in [2.05, 4.69) is 0 Å². The monoisotopic (exact) mass is 247 g/mol. The van der Waals surface area contributed by atoms with Gasteiger partial charge in [-0.2, -0.15) is 0 Å². The molecule has 1 rings (SSSR count). The fourth-order valence-corrected chi connectivity index (χ4v) is 2.14. The van der Waals surface area contributed by atoms with Crippen LogP contribution in [0.15, 0.2) is 0 Å². The summed E-state index contributed by atoms with van der Waals surface area (Å²) in [5, 5.41) is 9.65. The minimum absolute atomic E-state index is 0.216. The Morgan fingerprint density at radius 1 is 1.29 bits per heavy atom. The quantitative estimate of drug-likeness (QED) is 0.568. The van der Waals surface area contributed by atoms with E-state index in [0.29, 0.717) is 38.9 Å². The summed E-state index contributed by atoms with van der Waals surface area (Å²) in [7, 11) is 1.62. The van der Waals surface area contributed by atoms with Crippen molar-refractivity contribution in [2.75, 3.05) is 40.1 Å². The van der Waals surface area contributed by atoms with E-state index in [1.54, 1.807) is 7.11 Å². The van der Waals surface area contributed by atoms with E-state index in [4.69, 9.17) is 19.9 Å². The Bertz CT molecular complexity index is 191. The third kappa shape index (κ3) is 5.79. The second-order valence-corrected chi connectivity index (χ2v) is 4.52. The number of hydrogen-bond donors (Lipinski definition) is 2. The van der Waals surface area contributed by atoms with Crippen molar-refractivity contribution in [2.24, 2.45) is 11.7 Å². The normalized spacial score (nSPS) is 26.3. The summed E-state index contributed by atoms with van der Waals surface area (Å²) in [6.07, 6.45) is 3.02. The SMILES string of the molecule is COCCOCC(O)COC1CCCC1CN. The lowest BCUT2D eigenvalue weighted by Gasteiger charge is -2.20. The average molecular weight is 247 g/mol. The maximum absolute atomic E-state index is 9.65. The van der Waals surface area contributed by atoms with Gasteiger partial charge in [-0.25, -0.2) is 0 Å². The zero-order valence-electron chi connectivity index (χ0n) is 10.6. The molecule has 0 amide bonds. The van der Waals surface area contributed by atoms with Crippen molar-refractivity contribution in [2.45, 2.75) is 31.5 Å². The molecule has 1 aliphatic rings. The van der Waals surface area contributed by atoms with Gasteiger partial charge in [-0.15, -0.1) is 0 Å². The van der Waals surface area contributed by atoms with Crippen molar-refractivity contribution < 1.29 is 19.3 Å². The molecule has 0 aromatic heterocycles. The van der Waals surface area contributed by atoms with Gasteiger partial charge >= 0.3 is 0 Å². The topological polar surface area (TPSA) is 73.9 Å². The van der Waals surface area contributed by atoms with E-state index in [9.17, 15) is 5.11 Å². The van der Waals surface area contributed by atoms with Gasteiger partial charge in [0.2, 0.25) is 0 Å². The molecule has 0 radical (unpaired) electrons. The largest absolute Gasteiger partial charge is 0.388 e. The van der Waals surface area contributed by atoms with E-state index in [0.717, 1.165) is 12.8 Å². The van der Waals surface area contributed by atoms with Gasteiger partial charge < -0.3 is 25.1 Å². The third-order valence-electron chi connectivity index (χ3n) is 3.14.